The Hall–Kier alpha value is -0.260. The minimum atomic E-state index is 0.798. The van der Waals surface area contributed by atoms with Crippen molar-refractivity contribution in [2.24, 2.45) is 17.8 Å². The third-order valence-electron chi connectivity index (χ3n) is 2.47. The Morgan fingerprint density at radius 3 is 2.00 bits per heavy atom. The van der Waals surface area contributed by atoms with Crippen LogP contribution in [-0.2, 0) is 0 Å². The molecule has 0 spiro atoms. The van der Waals surface area contributed by atoms with Gasteiger partial charge in [-0.1, -0.05) is 46.3 Å². The standard InChI is InChI=1S/C14H28/c1-11(2)9-13(5)7-8-14(6)10-12(3)4/h7,11-12,14H,8-10H2,1-6H3/b13-7+. The summed E-state index contributed by atoms with van der Waals surface area (Å²) in [5.74, 6) is 2.48. The molecule has 0 radical (unpaired) electrons. The molecule has 0 fully saturated rings. The van der Waals surface area contributed by atoms with Crippen molar-refractivity contribution in [3.8, 4) is 0 Å². The largest absolute Gasteiger partial charge is 0.0853 e. The lowest BCUT2D eigenvalue weighted by molar-refractivity contribution is 0.441. The van der Waals surface area contributed by atoms with Crippen molar-refractivity contribution >= 4 is 0 Å². The van der Waals surface area contributed by atoms with Gasteiger partial charge in [0.1, 0.15) is 0 Å². The van der Waals surface area contributed by atoms with E-state index in [1.54, 1.807) is 5.57 Å². The Kier molecular flexibility index (Phi) is 6.96. The SMILES string of the molecule is C/C(=C\CC(C)CC(C)C)CC(C)C. The zero-order valence-corrected chi connectivity index (χ0v) is 10.9. The van der Waals surface area contributed by atoms with Crippen molar-refractivity contribution in [2.75, 3.05) is 0 Å². The number of allylic oxidation sites excluding steroid dienone is 2. The van der Waals surface area contributed by atoms with Crippen LogP contribution in [0, 0.1) is 17.8 Å². The molecule has 0 aromatic rings. The molecule has 0 aliphatic carbocycles. The highest BCUT2D eigenvalue weighted by molar-refractivity contribution is 4.98. The van der Waals surface area contributed by atoms with Crippen LogP contribution in [0.1, 0.15) is 60.8 Å². The molecule has 0 heteroatoms. The maximum Gasteiger partial charge on any atom is -0.0300 e. The molecule has 84 valence electrons. The molecular formula is C14H28. The normalized spacial score (nSPS) is 15.3. The fraction of sp³-hybridized carbons (Fsp3) is 0.857. The molecule has 0 saturated carbocycles. The Bertz CT molecular complexity index is 163. The van der Waals surface area contributed by atoms with E-state index in [1.165, 1.54) is 19.3 Å². The summed E-state index contributed by atoms with van der Waals surface area (Å²) in [5, 5.41) is 0. The second kappa shape index (κ2) is 7.09. The van der Waals surface area contributed by atoms with Gasteiger partial charge in [-0.2, -0.15) is 0 Å². The molecule has 0 bridgehead atoms. The van der Waals surface area contributed by atoms with Gasteiger partial charge in [0.05, 0.1) is 0 Å². The first-order valence-electron chi connectivity index (χ1n) is 6.07. The van der Waals surface area contributed by atoms with Gasteiger partial charge in [-0.25, -0.2) is 0 Å². The van der Waals surface area contributed by atoms with Gasteiger partial charge in [0, 0.05) is 0 Å². The quantitative estimate of drug-likeness (QED) is 0.521. The van der Waals surface area contributed by atoms with Crippen LogP contribution >= 0.6 is 0 Å². The smallest absolute Gasteiger partial charge is 0.0300 e. The van der Waals surface area contributed by atoms with Crippen molar-refractivity contribution in [3.05, 3.63) is 11.6 Å². The lowest BCUT2D eigenvalue weighted by Gasteiger charge is -2.12. The van der Waals surface area contributed by atoms with Crippen molar-refractivity contribution < 1.29 is 0 Å². The van der Waals surface area contributed by atoms with Crippen LogP contribution in [0.4, 0.5) is 0 Å². The number of rotatable bonds is 6. The predicted octanol–water partition coefficient (Wildman–Crippen LogP) is 5.05. The summed E-state index contributed by atoms with van der Waals surface area (Å²) in [6.45, 7) is 13.8. The molecule has 0 aliphatic rings. The van der Waals surface area contributed by atoms with Gasteiger partial charge in [0.25, 0.3) is 0 Å². The summed E-state index contributed by atoms with van der Waals surface area (Å²) < 4.78 is 0. The zero-order chi connectivity index (χ0) is 11.1. The van der Waals surface area contributed by atoms with Gasteiger partial charge in [-0.15, -0.1) is 0 Å². The lowest BCUT2D eigenvalue weighted by atomic mass is 9.94. The van der Waals surface area contributed by atoms with E-state index in [4.69, 9.17) is 0 Å². The predicted molar refractivity (Wildman–Crippen MR) is 66.4 cm³/mol. The van der Waals surface area contributed by atoms with Crippen molar-refractivity contribution in [1.29, 1.82) is 0 Å². The third kappa shape index (κ3) is 8.34. The molecule has 0 aromatic carbocycles. The fourth-order valence-corrected chi connectivity index (χ4v) is 2.03. The van der Waals surface area contributed by atoms with Crippen LogP contribution in [0.3, 0.4) is 0 Å². The summed E-state index contributed by atoms with van der Waals surface area (Å²) in [7, 11) is 0. The van der Waals surface area contributed by atoms with E-state index in [2.05, 4.69) is 47.6 Å². The molecule has 1 atom stereocenters. The zero-order valence-electron chi connectivity index (χ0n) is 10.9. The minimum Gasteiger partial charge on any atom is -0.0853 e. The van der Waals surface area contributed by atoms with Gasteiger partial charge >= 0.3 is 0 Å². The van der Waals surface area contributed by atoms with Crippen LogP contribution in [0.2, 0.25) is 0 Å². The number of hydrogen-bond donors (Lipinski definition) is 0. The molecular weight excluding hydrogens is 168 g/mol. The first-order valence-corrected chi connectivity index (χ1v) is 6.07. The molecule has 0 aliphatic heterocycles. The summed E-state index contributed by atoms with van der Waals surface area (Å²) in [6, 6.07) is 0. The summed E-state index contributed by atoms with van der Waals surface area (Å²) in [4.78, 5) is 0. The Labute approximate surface area is 90.8 Å². The van der Waals surface area contributed by atoms with E-state index in [-0.39, 0.29) is 0 Å². The van der Waals surface area contributed by atoms with Gasteiger partial charge in [0.15, 0.2) is 0 Å². The van der Waals surface area contributed by atoms with Gasteiger partial charge in [0.2, 0.25) is 0 Å². The van der Waals surface area contributed by atoms with E-state index in [0.29, 0.717) is 0 Å². The second-order valence-electron chi connectivity index (χ2n) is 5.62. The molecule has 0 rings (SSSR count). The van der Waals surface area contributed by atoms with E-state index in [1.807, 2.05) is 0 Å². The van der Waals surface area contributed by atoms with Crippen LogP contribution < -0.4 is 0 Å². The Morgan fingerprint density at radius 2 is 1.57 bits per heavy atom. The molecule has 0 nitrogen and oxygen atoms in total. The highest BCUT2D eigenvalue weighted by atomic mass is 14.1. The average molecular weight is 196 g/mol. The van der Waals surface area contributed by atoms with E-state index < -0.39 is 0 Å². The van der Waals surface area contributed by atoms with E-state index in [0.717, 1.165) is 17.8 Å². The van der Waals surface area contributed by atoms with Crippen LogP contribution in [0.15, 0.2) is 11.6 Å². The summed E-state index contributed by atoms with van der Waals surface area (Å²) in [6.07, 6.45) is 6.31. The minimum absolute atomic E-state index is 0.798. The first kappa shape index (κ1) is 13.7. The first-order chi connectivity index (χ1) is 6.41. The van der Waals surface area contributed by atoms with Crippen molar-refractivity contribution in [2.45, 2.75) is 60.8 Å². The molecule has 0 saturated heterocycles. The molecule has 0 N–H and O–H groups in total. The monoisotopic (exact) mass is 196 g/mol. The highest BCUT2D eigenvalue weighted by Crippen LogP contribution is 2.17. The van der Waals surface area contributed by atoms with E-state index in [9.17, 15) is 0 Å². The molecule has 14 heavy (non-hydrogen) atoms. The lowest BCUT2D eigenvalue weighted by Crippen LogP contribution is -1.99. The third-order valence-corrected chi connectivity index (χ3v) is 2.47. The number of hydrogen-bond acceptors (Lipinski definition) is 0. The molecule has 0 aromatic heterocycles. The Balaban J connectivity index is 3.77. The van der Waals surface area contributed by atoms with Crippen molar-refractivity contribution in [1.82, 2.24) is 0 Å². The second-order valence-corrected chi connectivity index (χ2v) is 5.62. The maximum absolute atomic E-state index is 2.44. The fourth-order valence-electron chi connectivity index (χ4n) is 2.03. The molecule has 0 heterocycles. The highest BCUT2D eigenvalue weighted by Gasteiger charge is 2.03. The van der Waals surface area contributed by atoms with Gasteiger partial charge in [-0.3, -0.25) is 0 Å². The van der Waals surface area contributed by atoms with Crippen LogP contribution in [0.5, 0.6) is 0 Å². The van der Waals surface area contributed by atoms with Crippen molar-refractivity contribution in [3.63, 3.8) is 0 Å². The van der Waals surface area contributed by atoms with Gasteiger partial charge in [-0.05, 0) is 43.9 Å². The summed E-state index contributed by atoms with van der Waals surface area (Å²) in [5.41, 5.74) is 1.57. The van der Waals surface area contributed by atoms with Crippen LogP contribution in [0.25, 0.3) is 0 Å². The topological polar surface area (TPSA) is 0 Å². The molecule has 0 amide bonds. The average Bonchev–Trinajstić information content (AvgIpc) is 1.98. The van der Waals surface area contributed by atoms with Crippen LogP contribution in [-0.4, -0.2) is 0 Å². The Morgan fingerprint density at radius 1 is 1.00 bits per heavy atom. The van der Waals surface area contributed by atoms with E-state index >= 15 is 0 Å². The maximum atomic E-state index is 2.44. The summed E-state index contributed by atoms with van der Waals surface area (Å²) >= 11 is 0. The van der Waals surface area contributed by atoms with Gasteiger partial charge < -0.3 is 0 Å². The molecule has 1 unspecified atom stereocenters.